The van der Waals surface area contributed by atoms with Gasteiger partial charge in [0.05, 0.1) is 13.3 Å². The van der Waals surface area contributed by atoms with Crippen LogP contribution in [0.3, 0.4) is 0 Å². The number of carbonyl (C=O) groups is 1. The number of methoxy groups -OCH3 is 1. The van der Waals surface area contributed by atoms with Gasteiger partial charge in [-0.3, -0.25) is 4.79 Å². The summed E-state index contributed by atoms with van der Waals surface area (Å²) in [7, 11) is 1.47. The first-order chi connectivity index (χ1) is 11.7. The lowest BCUT2D eigenvalue weighted by Gasteiger charge is -2.24. The maximum absolute atomic E-state index is 12.1. The van der Waals surface area contributed by atoms with E-state index in [0.717, 1.165) is 0 Å². The molecule has 1 amide bonds. The number of hydrogen-bond acceptors (Lipinski definition) is 6. The van der Waals surface area contributed by atoms with Crippen LogP contribution in [0.2, 0.25) is 0 Å². The smallest absolute Gasteiger partial charge is 0.284 e. The second kappa shape index (κ2) is 6.91. The van der Waals surface area contributed by atoms with E-state index in [-0.39, 0.29) is 12.4 Å². The Balaban J connectivity index is 1.59. The number of para-hydroxylation sites is 2. The largest absolute Gasteiger partial charge is 0.504 e. The van der Waals surface area contributed by atoms with E-state index in [1.807, 2.05) is 6.07 Å². The molecule has 0 aromatic heterocycles. The summed E-state index contributed by atoms with van der Waals surface area (Å²) < 4.78 is 16.0. The lowest BCUT2D eigenvalue weighted by molar-refractivity contribution is -0.130. The van der Waals surface area contributed by atoms with Gasteiger partial charge in [-0.1, -0.05) is 12.1 Å². The molecule has 24 heavy (non-hydrogen) atoms. The molecule has 7 heteroatoms. The summed E-state index contributed by atoms with van der Waals surface area (Å²) in [6.45, 7) is 0.113. The van der Waals surface area contributed by atoms with Gasteiger partial charge in [-0.2, -0.15) is 5.10 Å². The average Bonchev–Trinajstić information content (AvgIpc) is 2.61. The van der Waals surface area contributed by atoms with Crippen LogP contribution in [-0.2, 0) is 4.79 Å². The summed E-state index contributed by atoms with van der Waals surface area (Å²) >= 11 is 0. The molecule has 7 nitrogen and oxygen atoms in total. The molecule has 124 valence electrons. The number of aromatic hydroxyl groups is 1. The van der Waals surface area contributed by atoms with Crippen LogP contribution in [0, 0.1) is 0 Å². The molecule has 0 spiro atoms. The standard InChI is InChI=1S/C17H16N2O5/c1-22-13-7-6-11(8-12(13)20)9-18-19-17(21)16-10-23-14-4-2-3-5-15(14)24-16/h2-9,16,20H,10H2,1H3,(H,19,21)/b18-9-/t16-/m1/s1. The van der Waals surface area contributed by atoms with E-state index >= 15 is 0 Å². The molecule has 1 aliphatic heterocycles. The molecule has 3 rings (SSSR count). The average molecular weight is 328 g/mol. The molecule has 0 saturated heterocycles. The summed E-state index contributed by atoms with van der Waals surface area (Å²) in [6.07, 6.45) is 0.635. The van der Waals surface area contributed by atoms with Gasteiger partial charge in [0, 0.05) is 0 Å². The Kier molecular flexibility index (Phi) is 4.51. The van der Waals surface area contributed by atoms with E-state index in [1.165, 1.54) is 19.4 Å². The van der Waals surface area contributed by atoms with Gasteiger partial charge in [0.2, 0.25) is 6.10 Å². The van der Waals surface area contributed by atoms with Gasteiger partial charge in [-0.25, -0.2) is 5.43 Å². The summed E-state index contributed by atoms with van der Waals surface area (Å²) in [5.41, 5.74) is 3.00. The first-order valence-electron chi connectivity index (χ1n) is 7.26. The van der Waals surface area contributed by atoms with Crippen molar-refractivity contribution in [2.45, 2.75) is 6.10 Å². The zero-order chi connectivity index (χ0) is 16.9. The minimum Gasteiger partial charge on any atom is -0.504 e. The highest BCUT2D eigenvalue weighted by Gasteiger charge is 2.26. The summed E-state index contributed by atoms with van der Waals surface area (Å²) in [4.78, 5) is 12.1. The number of phenols is 1. The Labute approximate surface area is 138 Å². The van der Waals surface area contributed by atoms with E-state index in [9.17, 15) is 9.90 Å². The normalized spacial score (nSPS) is 16.0. The fourth-order valence-electron chi connectivity index (χ4n) is 2.18. The predicted octanol–water partition coefficient (Wildman–Crippen LogP) is 1.69. The van der Waals surface area contributed by atoms with E-state index in [4.69, 9.17) is 14.2 Å². The van der Waals surface area contributed by atoms with Crippen molar-refractivity contribution in [1.82, 2.24) is 5.43 Å². The van der Waals surface area contributed by atoms with Crippen LogP contribution in [0.5, 0.6) is 23.0 Å². The number of fused-ring (bicyclic) bond motifs is 1. The zero-order valence-corrected chi connectivity index (χ0v) is 12.9. The number of hydrazone groups is 1. The molecular formula is C17H16N2O5. The number of amides is 1. The molecule has 0 aliphatic carbocycles. The van der Waals surface area contributed by atoms with Gasteiger partial charge >= 0.3 is 0 Å². The minimum atomic E-state index is -0.777. The van der Waals surface area contributed by atoms with Crippen LogP contribution in [0.4, 0.5) is 0 Å². The number of nitrogens with zero attached hydrogens (tertiary/aromatic N) is 1. The Morgan fingerprint density at radius 1 is 1.33 bits per heavy atom. The van der Waals surface area contributed by atoms with Crippen LogP contribution < -0.4 is 19.6 Å². The van der Waals surface area contributed by atoms with E-state index in [0.29, 0.717) is 22.8 Å². The number of rotatable bonds is 4. The van der Waals surface area contributed by atoms with Crippen molar-refractivity contribution < 1.29 is 24.1 Å². The highest BCUT2D eigenvalue weighted by Crippen LogP contribution is 2.30. The van der Waals surface area contributed by atoms with Crippen LogP contribution in [-0.4, -0.2) is 37.0 Å². The molecule has 1 atom stereocenters. The fraction of sp³-hybridized carbons (Fsp3) is 0.176. The lowest BCUT2D eigenvalue weighted by atomic mass is 10.2. The number of phenolic OH excluding ortho intramolecular Hbond substituents is 1. The van der Waals surface area contributed by atoms with Crippen LogP contribution in [0.15, 0.2) is 47.6 Å². The number of benzene rings is 2. The summed E-state index contributed by atoms with van der Waals surface area (Å²) in [5, 5.41) is 13.5. The molecule has 0 radical (unpaired) electrons. The quantitative estimate of drug-likeness (QED) is 0.658. The minimum absolute atomic E-state index is 0.00611. The Bertz CT molecular complexity index is 775. The maximum Gasteiger partial charge on any atom is 0.284 e. The molecule has 1 heterocycles. The number of hydrogen-bond donors (Lipinski definition) is 2. The molecule has 2 N–H and O–H groups in total. The van der Waals surface area contributed by atoms with E-state index < -0.39 is 12.0 Å². The summed E-state index contributed by atoms with van der Waals surface area (Å²) in [5.74, 6) is 1.07. The van der Waals surface area contributed by atoms with Crippen molar-refractivity contribution in [3.63, 3.8) is 0 Å². The predicted molar refractivity (Wildman–Crippen MR) is 86.7 cm³/mol. The highest BCUT2D eigenvalue weighted by atomic mass is 16.6. The second-order valence-electron chi connectivity index (χ2n) is 5.03. The Hall–Kier alpha value is -3.22. The van der Waals surface area contributed by atoms with Crippen molar-refractivity contribution >= 4 is 12.1 Å². The maximum atomic E-state index is 12.1. The van der Waals surface area contributed by atoms with Gasteiger partial charge in [0.25, 0.3) is 5.91 Å². The van der Waals surface area contributed by atoms with Gasteiger partial charge in [-0.15, -0.1) is 0 Å². The lowest BCUT2D eigenvalue weighted by Crippen LogP contribution is -2.42. The van der Waals surface area contributed by atoms with Gasteiger partial charge in [0.15, 0.2) is 23.0 Å². The third kappa shape index (κ3) is 3.40. The van der Waals surface area contributed by atoms with Crippen molar-refractivity contribution in [3.05, 3.63) is 48.0 Å². The van der Waals surface area contributed by atoms with E-state index in [1.54, 1.807) is 30.3 Å². The summed E-state index contributed by atoms with van der Waals surface area (Å²) in [6, 6.07) is 11.9. The molecule has 2 aromatic carbocycles. The third-order valence-corrected chi connectivity index (χ3v) is 3.39. The second-order valence-corrected chi connectivity index (χ2v) is 5.03. The first-order valence-corrected chi connectivity index (χ1v) is 7.26. The monoisotopic (exact) mass is 328 g/mol. The zero-order valence-electron chi connectivity index (χ0n) is 12.9. The van der Waals surface area contributed by atoms with Crippen LogP contribution in [0.1, 0.15) is 5.56 Å². The molecule has 0 saturated carbocycles. The Morgan fingerprint density at radius 3 is 2.88 bits per heavy atom. The molecule has 1 aliphatic rings. The number of ether oxygens (including phenoxy) is 3. The van der Waals surface area contributed by atoms with Crippen molar-refractivity contribution in [2.75, 3.05) is 13.7 Å². The molecule has 0 unspecified atom stereocenters. The SMILES string of the molecule is COc1ccc(/C=N\NC(=O)[C@H]2COc3ccccc3O2)cc1O. The van der Waals surface area contributed by atoms with Crippen molar-refractivity contribution in [2.24, 2.45) is 5.10 Å². The van der Waals surface area contributed by atoms with Crippen molar-refractivity contribution in [3.8, 4) is 23.0 Å². The highest BCUT2D eigenvalue weighted by molar-refractivity contribution is 5.85. The van der Waals surface area contributed by atoms with Gasteiger partial charge < -0.3 is 19.3 Å². The Morgan fingerprint density at radius 2 is 2.12 bits per heavy atom. The molecular weight excluding hydrogens is 312 g/mol. The molecule has 0 bridgehead atoms. The van der Waals surface area contributed by atoms with Crippen LogP contribution in [0.25, 0.3) is 0 Å². The third-order valence-electron chi connectivity index (χ3n) is 3.39. The topological polar surface area (TPSA) is 89.4 Å². The van der Waals surface area contributed by atoms with E-state index in [2.05, 4.69) is 10.5 Å². The molecule has 2 aromatic rings. The molecule has 0 fully saturated rings. The van der Waals surface area contributed by atoms with Crippen LogP contribution >= 0.6 is 0 Å². The van der Waals surface area contributed by atoms with Gasteiger partial charge in [0.1, 0.15) is 6.61 Å². The number of carbonyl (C=O) groups excluding carboxylic acids is 1. The fourth-order valence-corrected chi connectivity index (χ4v) is 2.18. The van der Waals surface area contributed by atoms with Gasteiger partial charge in [-0.05, 0) is 35.9 Å². The van der Waals surface area contributed by atoms with Crippen molar-refractivity contribution in [1.29, 1.82) is 0 Å². The first kappa shape index (κ1) is 15.7. The number of nitrogens with one attached hydrogen (secondary N) is 1.